The minimum absolute atomic E-state index is 0.0471. The maximum absolute atomic E-state index is 12.8. The summed E-state index contributed by atoms with van der Waals surface area (Å²) in [6.07, 6.45) is 0.962. The van der Waals surface area contributed by atoms with Crippen LogP contribution in [0.5, 0.6) is 0 Å². The standard InChI is InChI=1S/C13H18N2O4S2/c14-12-2-1-3-13-11(12)4-7-15(13)21(18,19)10-5-8-20(16,17)9-6-10/h1-3,10H,4-9,14H2. The molecule has 8 heteroatoms. The van der Waals surface area contributed by atoms with E-state index in [1.54, 1.807) is 18.2 Å². The highest BCUT2D eigenvalue weighted by Gasteiger charge is 2.39. The maximum Gasteiger partial charge on any atom is 0.238 e. The summed E-state index contributed by atoms with van der Waals surface area (Å²) in [7, 11) is -6.60. The highest BCUT2D eigenvalue weighted by Crippen LogP contribution is 2.36. The predicted molar refractivity (Wildman–Crippen MR) is 82.5 cm³/mol. The first-order valence-electron chi connectivity index (χ1n) is 6.90. The van der Waals surface area contributed by atoms with E-state index in [1.807, 2.05) is 0 Å². The molecule has 0 atom stereocenters. The monoisotopic (exact) mass is 330 g/mol. The Bertz CT molecular complexity index is 757. The number of sulfone groups is 1. The van der Waals surface area contributed by atoms with E-state index >= 15 is 0 Å². The van der Waals surface area contributed by atoms with Gasteiger partial charge in [0.05, 0.1) is 22.4 Å². The summed E-state index contributed by atoms with van der Waals surface area (Å²) in [6, 6.07) is 5.27. The van der Waals surface area contributed by atoms with Crippen molar-refractivity contribution in [2.75, 3.05) is 28.1 Å². The number of nitrogens with zero attached hydrogens (tertiary/aromatic N) is 1. The Balaban J connectivity index is 1.90. The lowest BCUT2D eigenvalue weighted by atomic mass is 10.1. The van der Waals surface area contributed by atoms with Gasteiger partial charge in [0.2, 0.25) is 10.0 Å². The van der Waals surface area contributed by atoms with Crippen LogP contribution < -0.4 is 10.0 Å². The summed E-state index contributed by atoms with van der Waals surface area (Å²) >= 11 is 0. The second kappa shape index (κ2) is 4.88. The van der Waals surface area contributed by atoms with Crippen LogP contribution in [0.1, 0.15) is 18.4 Å². The van der Waals surface area contributed by atoms with Crippen LogP contribution in [0.3, 0.4) is 0 Å². The van der Waals surface area contributed by atoms with Gasteiger partial charge in [0.25, 0.3) is 0 Å². The zero-order valence-electron chi connectivity index (χ0n) is 11.5. The maximum atomic E-state index is 12.8. The van der Waals surface area contributed by atoms with Crippen LogP contribution >= 0.6 is 0 Å². The molecular formula is C13H18N2O4S2. The fraction of sp³-hybridized carbons (Fsp3) is 0.538. The van der Waals surface area contributed by atoms with Crippen LogP contribution in [0.15, 0.2) is 18.2 Å². The van der Waals surface area contributed by atoms with Crippen molar-refractivity contribution in [3.8, 4) is 0 Å². The van der Waals surface area contributed by atoms with Crippen LogP contribution in [0.4, 0.5) is 11.4 Å². The third kappa shape index (κ3) is 2.50. The molecule has 0 spiro atoms. The molecule has 0 radical (unpaired) electrons. The molecule has 1 saturated heterocycles. The summed E-state index contributed by atoms with van der Waals surface area (Å²) in [6.45, 7) is 0.384. The van der Waals surface area contributed by atoms with Gasteiger partial charge in [-0.3, -0.25) is 4.31 Å². The Kier molecular flexibility index (Phi) is 3.40. The van der Waals surface area contributed by atoms with E-state index in [4.69, 9.17) is 5.73 Å². The smallest absolute Gasteiger partial charge is 0.238 e. The van der Waals surface area contributed by atoms with Crippen molar-refractivity contribution in [3.05, 3.63) is 23.8 Å². The van der Waals surface area contributed by atoms with Crippen molar-refractivity contribution >= 4 is 31.2 Å². The molecule has 1 aromatic rings. The molecule has 21 heavy (non-hydrogen) atoms. The Hall–Kier alpha value is -1.28. The highest BCUT2D eigenvalue weighted by molar-refractivity contribution is 7.94. The molecule has 0 saturated carbocycles. The van der Waals surface area contributed by atoms with Crippen molar-refractivity contribution < 1.29 is 16.8 Å². The first-order valence-corrected chi connectivity index (χ1v) is 10.2. The number of anilines is 2. The first-order chi connectivity index (χ1) is 9.81. The summed E-state index contributed by atoms with van der Waals surface area (Å²) in [5, 5.41) is -0.617. The van der Waals surface area contributed by atoms with Gasteiger partial charge < -0.3 is 5.73 Å². The lowest BCUT2D eigenvalue weighted by Gasteiger charge is -2.28. The molecule has 0 amide bonds. The molecule has 1 aromatic carbocycles. The lowest BCUT2D eigenvalue weighted by molar-refractivity contribution is 0.550. The SMILES string of the molecule is Nc1cccc2c1CCN2S(=O)(=O)C1CCS(=O)(=O)CC1. The molecule has 0 aliphatic carbocycles. The number of hydrogen-bond donors (Lipinski definition) is 1. The van der Waals surface area contributed by atoms with Crippen molar-refractivity contribution in [2.45, 2.75) is 24.5 Å². The van der Waals surface area contributed by atoms with E-state index < -0.39 is 25.1 Å². The van der Waals surface area contributed by atoms with Gasteiger partial charge in [0, 0.05) is 17.8 Å². The largest absolute Gasteiger partial charge is 0.398 e. The third-order valence-electron chi connectivity index (χ3n) is 4.25. The van der Waals surface area contributed by atoms with Crippen LogP contribution in [0, 0.1) is 0 Å². The summed E-state index contributed by atoms with van der Waals surface area (Å²) in [4.78, 5) is 0. The van der Waals surface area contributed by atoms with Crippen molar-refractivity contribution in [1.29, 1.82) is 0 Å². The fourth-order valence-electron chi connectivity index (χ4n) is 3.04. The van der Waals surface area contributed by atoms with Gasteiger partial charge in [-0.05, 0) is 31.4 Å². The van der Waals surface area contributed by atoms with E-state index in [0.717, 1.165) is 5.56 Å². The topological polar surface area (TPSA) is 97.5 Å². The quantitative estimate of drug-likeness (QED) is 0.798. The Morgan fingerprint density at radius 2 is 1.86 bits per heavy atom. The van der Waals surface area contributed by atoms with E-state index in [9.17, 15) is 16.8 Å². The fourth-order valence-corrected chi connectivity index (χ4v) is 6.81. The second-order valence-electron chi connectivity index (χ2n) is 5.56. The van der Waals surface area contributed by atoms with Gasteiger partial charge in [-0.1, -0.05) is 6.07 Å². The predicted octanol–water partition coefficient (Wildman–Crippen LogP) is 0.538. The molecule has 3 rings (SSSR count). The molecule has 1 fully saturated rings. The van der Waals surface area contributed by atoms with Crippen molar-refractivity contribution in [2.24, 2.45) is 0 Å². The number of hydrogen-bond acceptors (Lipinski definition) is 5. The van der Waals surface area contributed by atoms with Crippen molar-refractivity contribution in [1.82, 2.24) is 0 Å². The van der Waals surface area contributed by atoms with E-state index in [1.165, 1.54) is 4.31 Å². The van der Waals surface area contributed by atoms with Crippen molar-refractivity contribution in [3.63, 3.8) is 0 Å². The Morgan fingerprint density at radius 3 is 2.52 bits per heavy atom. The third-order valence-corrected chi connectivity index (χ3v) is 8.27. The number of rotatable bonds is 2. The number of nitrogen functional groups attached to an aromatic ring is 1. The van der Waals surface area contributed by atoms with Crippen LogP contribution in [0.25, 0.3) is 0 Å². The van der Waals surface area contributed by atoms with E-state index in [2.05, 4.69) is 0 Å². The molecule has 0 aromatic heterocycles. The first kappa shape index (κ1) is 14.6. The molecular weight excluding hydrogens is 312 g/mol. The van der Waals surface area contributed by atoms with Gasteiger partial charge in [-0.25, -0.2) is 16.8 Å². The van der Waals surface area contributed by atoms with Gasteiger partial charge in [0.1, 0.15) is 9.84 Å². The summed E-state index contributed by atoms with van der Waals surface area (Å²) in [5.41, 5.74) is 8.01. The molecule has 2 aliphatic rings. The number of fused-ring (bicyclic) bond motifs is 1. The molecule has 0 unspecified atom stereocenters. The summed E-state index contributed by atoms with van der Waals surface area (Å²) in [5.74, 6) is -0.0942. The van der Waals surface area contributed by atoms with E-state index in [0.29, 0.717) is 24.3 Å². The zero-order chi connectivity index (χ0) is 15.3. The average molecular weight is 330 g/mol. The molecule has 2 heterocycles. The molecule has 2 aliphatic heterocycles. The lowest BCUT2D eigenvalue weighted by Crippen LogP contribution is -2.42. The molecule has 0 bridgehead atoms. The normalized spacial score (nSPS) is 22.2. The minimum Gasteiger partial charge on any atom is -0.398 e. The number of benzene rings is 1. The number of nitrogens with two attached hydrogens (primary N) is 1. The minimum atomic E-state index is -3.53. The van der Waals surface area contributed by atoms with Crippen LogP contribution in [0.2, 0.25) is 0 Å². The summed E-state index contributed by atoms with van der Waals surface area (Å²) < 4.78 is 49.9. The second-order valence-corrected chi connectivity index (χ2v) is 10.0. The van der Waals surface area contributed by atoms with Gasteiger partial charge in [0.15, 0.2) is 0 Å². The molecule has 6 nitrogen and oxygen atoms in total. The Labute approximate surface area is 124 Å². The Morgan fingerprint density at radius 1 is 1.19 bits per heavy atom. The van der Waals surface area contributed by atoms with Gasteiger partial charge >= 0.3 is 0 Å². The van der Waals surface area contributed by atoms with Gasteiger partial charge in [-0.2, -0.15) is 0 Å². The highest BCUT2D eigenvalue weighted by atomic mass is 32.2. The molecule has 2 N–H and O–H groups in total. The number of sulfonamides is 1. The average Bonchev–Trinajstić information content (AvgIpc) is 2.84. The molecule has 116 valence electrons. The van der Waals surface area contributed by atoms with E-state index in [-0.39, 0.29) is 24.3 Å². The zero-order valence-corrected chi connectivity index (χ0v) is 13.2. The van der Waals surface area contributed by atoms with Crippen LogP contribution in [-0.2, 0) is 26.3 Å². The van der Waals surface area contributed by atoms with Gasteiger partial charge in [-0.15, -0.1) is 0 Å². The van der Waals surface area contributed by atoms with Crippen LogP contribution in [-0.4, -0.2) is 40.1 Å².